The van der Waals surface area contributed by atoms with E-state index < -0.39 is 11.4 Å². The Hall–Kier alpha value is -3.88. The van der Waals surface area contributed by atoms with Gasteiger partial charge in [0.15, 0.2) is 11.5 Å². The number of carbonyl (C=O) groups is 1. The van der Waals surface area contributed by atoms with E-state index in [9.17, 15) is 9.90 Å². The molecule has 1 N–H and O–H groups in total. The number of carboxylic acids is 1. The summed E-state index contributed by atoms with van der Waals surface area (Å²) in [4.78, 5) is 19.2. The van der Waals surface area contributed by atoms with Gasteiger partial charge in [0.1, 0.15) is 0 Å². The summed E-state index contributed by atoms with van der Waals surface area (Å²) in [5, 5.41) is 15.0. The van der Waals surface area contributed by atoms with Crippen molar-refractivity contribution >= 4 is 17.6 Å². The van der Waals surface area contributed by atoms with Crippen molar-refractivity contribution in [1.82, 2.24) is 15.0 Å². The van der Waals surface area contributed by atoms with Crippen molar-refractivity contribution in [2.45, 2.75) is 46.1 Å². The summed E-state index contributed by atoms with van der Waals surface area (Å²) in [6.07, 6.45) is 2.51. The Morgan fingerprint density at radius 3 is 2.40 bits per heavy atom. The molecular formula is C34H38ClN3O5. The van der Waals surface area contributed by atoms with Gasteiger partial charge in [0.05, 0.1) is 19.1 Å². The van der Waals surface area contributed by atoms with Crippen LogP contribution in [0.2, 0.25) is 5.02 Å². The zero-order valence-electron chi connectivity index (χ0n) is 24.9. The zero-order valence-corrected chi connectivity index (χ0v) is 25.6. The fourth-order valence-electron chi connectivity index (χ4n) is 5.57. The molecule has 1 saturated heterocycles. The molecular weight excluding hydrogens is 566 g/mol. The molecule has 226 valence electrons. The minimum atomic E-state index is -0.794. The van der Waals surface area contributed by atoms with Gasteiger partial charge in [-0.15, -0.1) is 0 Å². The molecule has 3 aromatic carbocycles. The van der Waals surface area contributed by atoms with Gasteiger partial charge in [-0.1, -0.05) is 73.1 Å². The minimum absolute atomic E-state index is 0.322. The van der Waals surface area contributed by atoms with Gasteiger partial charge in [-0.2, -0.15) is 4.98 Å². The van der Waals surface area contributed by atoms with E-state index in [2.05, 4.69) is 41.0 Å². The Morgan fingerprint density at radius 1 is 1.05 bits per heavy atom. The van der Waals surface area contributed by atoms with Crippen LogP contribution < -0.4 is 9.47 Å². The summed E-state index contributed by atoms with van der Waals surface area (Å²) in [6.45, 7) is 6.80. The number of rotatable bonds is 12. The summed E-state index contributed by atoms with van der Waals surface area (Å²) < 4.78 is 16.8. The Labute approximate surface area is 257 Å². The summed E-state index contributed by atoms with van der Waals surface area (Å²) in [7, 11) is 1.59. The highest BCUT2D eigenvalue weighted by atomic mass is 35.5. The molecule has 1 aliphatic rings. The van der Waals surface area contributed by atoms with Crippen molar-refractivity contribution in [3.63, 3.8) is 0 Å². The van der Waals surface area contributed by atoms with E-state index >= 15 is 0 Å². The summed E-state index contributed by atoms with van der Waals surface area (Å²) >= 11 is 6.50. The van der Waals surface area contributed by atoms with Gasteiger partial charge in [0, 0.05) is 22.7 Å². The van der Waals surface area contributed by atoms with E-state index in [-0.39, 0.29) is 0 Å². The van der Waals surface area contributed by atoms with E-state index in [4.69, 9.17) is 25.6 Å². The zero-order chi connectivity index (χ0) is 30.4. The second-order valence-electron chi connectivity index (χ2n) is 11.6. The van der Waals surface area contributed by atoms with Crippen molar-refractivity contribution in [1.29, 1.82) is 0 Å². The van der Waals surface area contributed by atoms with E-state index in [0.717, 1.165) is 35.2 Å². The van der Waals surface area contributed by atoms with Gasteiger partial charge in [0.2, 0.25) is 5.82 Å². The molecule has 0 atom stereocenters. The van der Waals surface area contributed by atoms with Crippen molar-refractivity contribution in [3.05, 3.63) is 82.9 Å². The van der Waals surface area contributed by atoms with Gasteiger partial charge in [-0.05, 0) is 80.1 Å². The average Bonchev–Trinajstić information content (AvgIpc) is 3.50. The monoisotopic (exact) mass is 603 g/mol. The number of methoxy groups -OCH3 is 1. The van der Waals surface area contributed by atoms with Crippen LogP contribution in [0.5, 0.6) is 11.5 Å². The highest BCUT2D eigenvalue weighted by molar-refractivity contribution is 6.31. The summed E-state index contributed by atoms with van der Waals surface area (Å²) in [5.74, 6) is 1.98. The smallest absolute Gasteiger partial charge is 0.309 e. The van der Waals surface area contributed by atoms with Gasteiger partial charge in [-0.3, -0.25) is 9.69 Å². The molecule has 43 heavy (non-hydrogen) atoms. The normalized spacial score (nSPS) is 15.0. The lowest BCUT2D eigenvalue weighted by atomic mass is 9.76. The largest absolute Gasteiger partial charge is 0.493 e. The third kappa shape index (κ3) is 7.37. The van der Waals surface area contributed by atoms with Gasteiger partial charge < -0.3 is 19.1 Å². The molecule has 0 aliphatic carbocycles. The Balaban J connectivity index is 1.15. The van der Waals surface area contributed by atoms with E-state index in [0.29, 0.717) is 73.1 Å². The number of aromatic nitrogens is 2. The molecule has 0 amide bonds. The molecule has 0 saturated carbocycles. The standard InChI is InChI=1S/C34H38ClN3O5/c1-23(2)20-26-12-13-27(21-28(26)35)32-36-31(37-43-32)25-10-8-24(9-11-25)22-38-17-14-34(15-18-38,33(39)40)16-19-42-30-7-5-4-6-29(30)41-3/h4-13,21,23H,14-20,22H2,1-3H3,(H,39,40). The van der Waals surface area contributed by atoms with Gasteiger partial charge in [-0.25, -0.2) is 0 Å². The maximum Gasteiger partial charge on any atom is 0.309 e. The van der Waals surface area contributed by atoms with Crippen molar-refractivity contribution in [2.24, 2.45) is 11.3 Å². The molecule has 0 radical (unpaired) electrons. The number of hydrogen-bond donors (Lipinski definition) is 1. The first kappa shape index (κ1) is 30.6. The molecule has 0 spiro atoms. The number of ether oxygens (including phenoxy) is 2. The van der Waals surface area contributed by atoms with Crippen molar-refractivity contribution < 1.29 is 23.9 Å². The predicted molar refractivity (Wildman–Crippen MR) is 166 cm³/mol. The molecule has 8 nitrogen and oxygen atoms in total. The second kappa shape index (κ2) is 13.6. The number of piperidine rings is 1. The highest BCUT2D eigenvalue weighted by Crippen LogP contribution is 2.37. The quantitative estimate of drug-likeness (QED) is 0.179. The van der Waals surface area contributed by atoms with Crippen LogP contribution >= 0.6 is 11.6 Å². The van der Waals surface area contributed by atoms with Crippen LogP contribution in [0.4, 0.5) is 0 Å². The maximum atomic E-state index is 12.3. The molecule has 2 heterocycles. The van der Waals surface area contributed by atoms with Crippen LogP contribution in [0, 0.1) is 11.3 Å². The van der Waals surface area contributed by atoms with Crippen LogP contribution in [-0.4, -0.2) is 52.9 Å². The molecule has 1 aromatic heterocycles. The number of aliphatic carboxylic acids is 1. The number of likely N-dealkylation sites (tertiary alicyclic amines) is 1. The molecule has 1 fully saturated rings. The lowest BCUT2D eigenvalue weighted by Gasteiger charge is -2.39. The number of hydrogen-bond acceptors (Lipinski definition) is 7. The molecule has 1 aliphatic heterocycles. The summed E-state index contributed by atoms with van der Waals surface area (Å²) in [6, 6.07) is 21.4. The third-order valence-electron chi connectivity index (χ3n) is 8.15. The van der Waals surface area contributed by atoms with Crippen LogP contribution in [0.1, 0.15) is 44.2 Å². The van der Waals surface area contributed by atoms with E-state index in [1.165, 1.54) is 0 Å². The van der Waals surface area contributed by atoms with Crippen LogP contribution in [0.15, 0.2) is 71.3 Å². The summed E-state index contributed by atoms with van der Waals surface area (Å²) in [5.41, 5.74) is 3.11. The molecule has 0 bridgehead atoms. The SMILES string of the molecule is COc1ccccc1OCCC1(C(=O)O)CCN(Cc2ccc(-c3noc(-c4ccc(CC(C)C)c(Cl)c4)n3)cc2)CC1. The van der Waals surface area contributed by atoms with E-state index in [1.807, 2.05) is 54.6 Å². The van der Waals surface area contributed by atoms with Crippen LogP contribution in [0.3, 0.4) is 0 Å². The Bertz CT molecular complexity index is 1530. The average molecular weight is 604 g/mol. The fraction of sp³-hybridized carbons (Fsp3) is 0.382. The van der Waals surface area contributed by atoms with Crippen molar-refractivity contribution in [2.75, 3.05) is 26.8 Å². The lowest BCUT2D eigenvalue weighted by Crippen LogP contribution is -2.44. The predicted octanol–water partition coefficient (Wildman–Crippen LogP) is 7.40. The van der Waals surface area contributed by atoms with Gasteiger partial charge >= 0.3 is 5.97 Å². The molecule has 0 unspecified atom stereocenters. The first-order chi connectivity index (χ1) is 20.8. The third-order valence-corrected chi connectivity index (χ3v) is 8.50. The molecule has 4 aromatic rings. The lowest BCUT2D eigenvalue weighted by molar-refractivity contribution is -0.153. The fourth-order valence-corrected chi connectivity index (χ4v) is 5.82. The maximum absolute atomic E-state index is 12.3. The number of benzene rings is 3. The van der Waals surface area contributed by atoms with Gasteiger partial charge in [0.25, 0.3) is 5.89 Å². The number of para-hydroxylation sites is 2. The van der Waals surface area contributed by atoms with Crippen molar-refractivity contribution in [3.8, 4) is 34.3 Å². The number of halogens is 1. The second-order valence-corrected chi connectivity index (χ2v) is 12.0. The van der Waals surface area contributed by atoms with Crippen LogP contribution in [0.25, 0.3) is 22.8 Å². The first-order valence-corrected chi connectivity index (χ1v) is 15.1. The first-order valence-electron chi connectivity index (χ1n) is 14.7. The Kier molecular flexibility index (Phi) is 9.68. The Morgan fingerprint density at radius 2 is 1.74 bits per heavy atom. The highest BCUT2D eigenvalue weighted by Gasteiger charge is 2.41. The number of carboxylic acid groups (broad SMARTS) is 1. The molecule has 9 heteroatoms. The van der Waals surface area contributed by atoms with Crippen LogP contribution in [-0.2, 0) is 17.8 Å². The number of nitrogens with zero attached hydrogens (tertiary/aromatic N) is 3. The minimum Gasteiger partial charge on any atom is -0.493 e. The van der Waals surface area contributed by atoms with E-state index in [1.54, 1.807) is 7.11 Å². The topological polar surface area (TPSA) is 97.9 Å². The molecule has 5 rings (SSSR count).